The van der Waals surface area contributed by atoms with Crippen molar-refractivity contribution in [2.45, 2.75) is 50.0 Å². The van der Waals surface area contributed by atoms with Crippen molar-refractivity contribution in [1.29, 1.82) is 0 Å². The van der Waals surface area contributed by atoms with Gasteiger partial charge in [-0.15, -0.1) is 6.42 Å². The molecule has 0 amide bonds. The number of benzene rings is 2. The van der Waals surface area contributed by atoms with Crippen LogP contribution in [0.2, 0.25) is 0 Å². The van der Waals surface area contributed by atoms with Gasteiger partial charge in [0, 0.05) is 12.7 Å². The van der Waals surface area contributed by atoms with E-state index in [4.69, 9.17) is 39.3 Å². The van der Waals surface area contributed by atoms with E-state index in [1.54, 1.807) is 7.11 Å². The molecule has 36 heavy (non-hydrogen) atoms. The SMILES string of the molecule is C#CCO[C@]1(c2ccc(C)o2)[C@@H](OC)O[C@@H]2COC(c3ccccc3)O[C@H]2[C@@H]1OCc1ccccc1. The molecule has 2 aliphatic rings. The van der Waals surface area contributed by atoms with Crippen molar-refractivity contribution in [3.63, 3.8) is 0 Å². The highest BCUT2D eigenvalue weighted by Gasteiger charge is 2.63. The maximum Gasteiger partial charge on any atom is 0.206 e. The molecule has 2 fully saturated rings. The van der Waals surface area contributed by atoms with Gasteiger partial charge in [-0.1, -0.05) is 66.6 Å². The first-order valence-electron chi connectivity index (χ1n) is 12.0. The summed E-state index contributed by atoms with van der Waals surface area (Å²) in [5, 5.41) is 0. The van der Waals surface area contributed by atoms with Gasteiger partial charge in [0.05, 0.1) is 13.2 Å². The van der Waals surface area contributed by atoms with Crippen LogP contribution in [0.4, 0.5) is 0 Å². The molecular weight excluding hydrogens is 460 g/mol. The highest BCUT2D eigenvalue weighted by Crippen LogP contribution is 2.47. The summed E-state index contributed by atoms with van der Waals surface area (Å²) in [6, 6.07) is 23.4. The Balaban J connectivity index is 1.57. The number of hydrogen-bond acceptors (Lipinski definition) is 7. The third-order valence-corrected chi connectivity index (χ3v) is 6.51. The Morgan fingerprint density at radius 2 is 1.75 bits per heavy atom. The largest absolute Gasteiger partial charge is 0.463 e. The van der Waals surface area contributed by atoms with E-state index >= 15 is 0 Å². The summed E-state index contributed by atoms with van der Waals surface area (Å²) in [5.74, 6) is 3.77. The Labute approximate surface area is 211 Å². The summed E-state index contributed by atoms with van der Waals surface area (Å²) in [4.78, 5) is 0. The minimum Gasteiger partial charge on any atom is -0.463 e. The van der Waals surface area contributed by atoms with Gasteiger partial charge in [-0.25, -0.2) is 0 Å². The zero-order valence-electron chi connectivity index (χ0n) is 20.4. The maximum absolute atomic E-state index is 6.64. The van der Waals surface area contributed by atoms with Crippen LogP contribution in [-0.2, 0) is 40.6 Å². The highest BCUT2D eigenvalue weighted by atomic mass is 16.8. The molecule has 6 atom stereocenters. The maximum atomic E-state index is 6.64. The molecule has 1 aromatic heterocycles. The van der Waals surface area contributed by atoms with Crippen molar-refractivity contribution in [2.75, 3.05) is 20.3 Å². The van der Waals surface area contributed by atoms with Crippen LogP contribution >= 0.6 is 0 Å². The standard InChI is InChI=1S/C29H30O7/c1-4-17-33-29(24-16-15-20(2)34-24)26(31-18-21-11-7-5-8-12-21)25-23(35-28(29)30-3)19-32-27(36-25)22-13-9-6-10-14-22/h1,5-16,23,25-28H,17-19H2,2-3H3/t23-,25-,26+,27?,28+,29+/m1/s1. The molecule has 1 unspecified atom stereocenters. The first-order chi connectivity index (χ1) is 17.7. The van der Waals surface area contributed by atoms with Gasteiger partial charge in [-0.2, -0.15) is 0 Å². The van der Waals surface area contributed by atoms with E-state index in [-0.39, 0.29) is 13.2 Å². The summed E-state index contributed by atoms with van der Waals surface area (Å²) >= 11 is 0. The van der Waals surface area contributed by atoms with Crippen LogP contribution in [0, 0.1) is 19.3 Å². The minimum absolute atomic E-state index is 0.00976. The summed E-state index contributed by atoms with van der Waals surface area (Å²) in [5.41, 5.74) is 0.572. The van der Waals surface area contributed by atoms with Crippen molar-refractivity contribution >= 4 is 0 Å². The lowest BCUT2D eigenvalue weighted by molar-refractivity contribution is -0.402. The molecule has 2 aromatic carbocycles. The topological polar surface area (TPSA) is 68.5 Å². The van der Waals surface area contributed by atoms with E-state index in [0.29, 0.717) is 18.1 Å². The van der Waals surface area contributed by atoms with Gasteiger partial charge in [-0.3, -0.25) is 0 Å². The van der Waals surface area contributed by atoms with Crippen LogP contribution in [0.5, 0.6) is 0 Å². The van der Waals surface area contributed by atoms with E-state index in [2.05, 4.69) is 5.92 Å². The quantitative estimate of drug-likeness (QED) is 0.431. The molecular formula is C29H30O7. The molecule has 0 saturated carbocycles. The van der Waals surface area contributed by atoms with Gasteiger partial charge in [-0.05, 0) is 24.6 Å². The van der Waals surface area contributed by atoms with Crippen molar-refractivity contribution < 1.29 is 32.8 Å². The smallest absolute Gasteiger partial charge is 0.206 e. The summed E-state index contributed by atoms with van der Waals surface area (Å²) in [7, 11) is 1.56. The fourth-order valence-electron chi connectivity index (χ4n) is 4.85. The molecule has 3 heterocycles. The summed E-state index contributed by atoms with van der Waals surface area (Å²) in [6.07, 6.45) is 2.42. The molecule has 0 N–H and O–H groups in total. The molecule has 2 saturated heterocycles. The number of hydrogen-bond donors (Lipinski definition) is 0. The third kappa shape index (κ3) is 4.72. The van der Waals surface area contributed by atoms with E-state index in [1.165, 1.54) is 0 Å². The number of fused-ring (bicyclic) bond motifs is 1. The lowest BCUT2D eigenvalue weighted by Crippen LogP contribution is -2.68. The molecule has 5 rings (SSSR count). The van der Waals surface area contributed by atoms with Gasteiger partial charge in [0.1, 0.15) is 36.4 Å². The molecule has 0 spiro atoms. The van der Waals surface area contributed by atoms with Crippen molar-refractivity contribution in [2.24, 2.45) is 0 Å². The predicted octanol–water partition coefficient (Wildman–Crippen LogP) is 4.50. The van der Waals surface area contributed by atoms with E-state index in [1.807, 2.05) is 79.7 Å². The number of aryl methyl sites for hydroxylation is 1. The fraction of sp³-hybridized carbons (Fsp3) is 0.379. The first-order valence-corrected chi connectivity index (χ1v) is 12.0. The Hall–Kier alpha value is -2.96. The monoisotopic (exact) mass is 490 g/mol. The van der Waals surface area contributed by atoms with Gasteiger partial charge in [0.2, 0.25) is 5.60 Å². The predicted molar refractivity (Wildman–Crippen MR) is 131 cm³/mol. The van der Waals surface area contributed by atoms with Crippen LogP contribution < -0.4 is 0 Å². The lowest BCUT2D eigenvalue weighted by Gasteiger charge is -2.53. The first kappa shape index (κ1) is 24.7. The zero-order valence-corrected chi connectivity index (χ0v) is 20.4. The second-order valence-corrected chi connectivity index (χ2v) is 8.83. The number of ether oxygens (including phenoxy) is 6. The molecule has 0 aliphatic carbocycles. The van der Waals surface area contributed by atoms with Crippen molar-refractivity contribution in [3.8, 4) is 12.3 Å². The highest BCUT2D eigenvalue weighted by molar-refractivity contribution is 5.23. The Morgan fingerprint density at radius 1 is 1.00 bits per heavy atom. The molecule has 2 aliphatic heterocycles. The summed E-state index contributed by atoms with van der Waals surface area (Å²) in [6.45, 7) is 2.46. The molecule has 7 heteroatoms. The van der Waals surface area contributed by atoms with Gasteiger partial charge < -0.3 is 32.8 Å². The minimum atomic E-state index is -1.33. The third-order valence-electron chi connectivity index (χ3n) is 6.51. The Kier molecular flexibility index (Phi) is 7.54. The molecule has 0 radical (unpaired) electrons. The van der Waals surface area contributed by atoms with Crippen molar-refractivity contribution in [3.05, 3.63) is 95.4 Å². The van der Waals surface area contributed by atoms with Crippen molar-refractivity contribution in [1.82, 2.24) is 0 Å². The average Bonchev–Trinajstić information content (AvgIpc) is 3.37. The van der Waals surface area contributed by atoms with Gasteiger partial charge >= 0.3 is 0 Å². The van der Waals surface area contributed by atoms with E-state index in [9.17, 15) is 0 Å². The molecule has 7 nitrogen and oxygen atoms in total. The van der Waals surface area contributed by atoms with Gasteiger partial charge in [0.25, 0.3) is 0 Å². The Morgan fingerprint density at radius 3 is 2.42 bits per heavy atom. The summed E-state index contributed by atoms with van der Waals surface area (Å²) < 4.78 is 43.9. The van der Waals surface area contributed by atoms with Crippen LogP contribution in [0.1, 0.15) is 28.9 Å². The van der Waals surface area contributed by atoms with Crippen LogP contribution in [-0.4, -0.2) is 44.9 Å². The second kappa shape index (κ2) is 11.0. The average molecular weight is 491 g/mol. The second-order valence-electron chi connectivity index (χ2n) is 8.83. The van der Waals surface area contributed by atoms with E-state index in [0.717, 1.165) is 11.1 Å². The van der Waals surface area contributed by atoms with Gasteiger partial charge in [0.15, 0.2) is 12.6 Å². The molecule has 0 bridgehead atoms. The lowest BCUT2D eigenvalue weighted by atomic mass is 9.83. The Bertz CT molecular complexity index is 1160. The molecule has 3 aromatic rings. The van der Waals surface area contributed by atoms with Crippen LogP contribution in [0.3, 0.4) is 0 Å². The fourth-order valence-corrected chi connectivity index (χ4v) is 4.85. The number of furan rings is 1. The normalized spacial score (nSPS) is 29.9. The number of methoxy groups -OCH3 is 1. The molecule has 188 valence electrons. The number of terminal acetylenes is 1. The van der Waals surface area contributed by atoms with Crippen LogP contribution in [0.25, 0.3) is 0 Å². The van der Waals surface area contributed by atoms with E-state index < -0.39 is 36.5 Å². The zero-order chi connectivity index (χ0) is 25.0. The van der Waals surface area contributed by atoms with Crippen LogP contribution in [0.15, 0.2) is 77.2 Å². The number of rotatable bonds is 8.